The maximum Gasteiger partial charge on any atom is 0.266 e. The number of benzene rings is 3. The van der Waals surface area contributed by atoms with Crippen LogP contribution in [0.25, 0.3) is 16.6 Å². The summed E-state index contributed by atoms with van der Waals surface area (Å²) in [7, 11) is 0. The van der Waals surface area contributed by atoms with Crippen LogP contribution in [-0.4, -0.2) is 21.9 Å². The standard InChI is InChI=1S/C22H16F2N2O2S/c23-15-10-11-20(18(24)14-15)26-21(27)17-8-4-5-9-19(17)25-22(26)29-13-12-28-16-6-2-1-3-7-16/h1-11,14H,12-13H2. The predicted octanol–water partition coefficient (Wildman–Crippen LogP) is 4.84. The van der Waals surface area contributed by atoms with Gasteiger partial charge in [0.05, 0.1) is 23.2 Å². The number of rotatable bonds is 6. The lowest BCUT2D eigenvalue weighted by molar-refractivity contribution is 0.344. The van der Waals surface area contributed by atoms with Crippen molar-refractivity contribution in [1.82, 2.24) is 9.55 Å². The second-order valence-electron chi connectivity index (χ2n) is 6.16. The van der Waals surface area contributed by atoms with Crippen LogP contribution in [0.3, 0.4) is 0 Å². The molecule has 0 aliphatic rings. The summed E-state index contributed by atoms with van der Waals surface area (Å²) in [6.07, 6.45) is 0. The van der Waals surface area contributed by atoms with E-state index in [2.05, 4.69) is 4.98 Å². The summed E-state index contributed by atoms with van der Waals surface area (Å²) in [5, 5.41) is 0.678. The molecule has 0 bridgehead atoms. The fraction of sp³-hybridized carbons (Fsp3) is 0.0909. The minimum atomic E-state index is -0.827. The van der Waals surface area contributed by atoms with E-state index in [1.165, 1.54) is 22.4 Å². The smallest absolute Gasteiger partial charge is 0.266 e. The quantitative estimate of drug-likeness (QED) is 0.259. The molecule has 7 heteroatoms. The van der Waals surface area contributed by atoms with Crippen LogP contribution < -0.4 is 10.3 Å². The lowest BCUT2D eigenvalue weighted by Crippen LogP contribution is -2.23. The Hall–Kier alpha value is -3.19. The summed E-state index contributed by atoms with van der Waals surface area (Å²) in [5.74, 6) is -0.311. The van der Waals surface area contributed by atoms with Crippen LogP contribution in [0.1, 0.15) is 0 Å². The Morgan fingerprint density at radius 3 is 2.52 bits per heavy atom. The molecule has 0 saturated heterocycles. The molecule has 1 aromatic heterocycles. The van der Waals surface area contributed by atoms with Gasteiger partial charge < -0.3 is 4.74 Å². The van der Waals surface area contributed by atoms with Crippen LogP contribution in [-0.2, 0) is 0 Å². The van der Waals surface area contributed by atoms with Crippen LogP contribution in [0.2, 0.25) is 0 Å². The van der Waals surface area contributed by atoms with Gasteiger partial charge in [0.2, 0.25) is 0 Å². The monoisotopic (exact) mass is 410 g/mol. The third-order valence-corrected chi connectivity index (χ3v) is 5.12. The first-order valence-electron chi connectivity index (χ1n) is 8.91. The lowest BCUT2D eigenvalue weighted by Gasteiger charge is -2.14. The number of nitrogens with zero attached hydrogens (tertiary/aromatic N) is 2. The molecule has 0 radical (unpaired) electrons. The number of ether oxygens (including phenoxy) is 1. The molecule has 4 aromatic rings. The molecule has 3 aromatic carbocycles. The molecular weight excluding hydrogens is 394 g/mol. The Labute approximate surface area is 169 Å². The van der Waals surface area contributed by atoms with E-state index in [-0.39, 0.29) is 5.69 Å². The zero-order chi connectivity index (χ0) is 20.2. The van der Waals surface area contributed by atoms with E-state index in [1.54, 1.807) is 24.3 Å². The van der Waals surface area contributed by atoms with E-state index < -0.39 is 17.2 Å². The van der Waals surface area contributed by atoms with E-state index in [4.69, 9.17) is 4.74 Å². The number of para-hydroxylation sites is 2. The van der Waals surface area contributed by atoms with Crippen molar-refractivity contribution in [2.75, 3.05) is 12.4 Å². The van der Waals surface area contributed by atoms with Crippen molar-refractivity contribution in [3.63, 3.8) is 0 Å². The Balaban J connectivity index is 1.69. The van der Waals surface area contributed by atoms with Gasteiger partial charge in [0.1, 0.15) is 17.4 Å². The van der Waals surface area contributed by atoms with Crippen LogP contribution in [0.5, 0.6) is 5.75 Å². The molecule has 0 spiro atoms. The predicted molar refractivity (Wildman–Crippen MR) is 110 cm³/mol. The first kappa shape index (κ1) is 19.1. The van der Waals surface area contributed by atoms with Gasteiger partial charge in [0.25, 0.3) is 5.56 Å². The van der Waals surface area contributed by atoms with E-state index in [9.17, 15) is 13.6 Å². The van der Waals surface area contributed by atoms with E-state index in [1.807, 2.05) is 30.3 Å². The molecule has 0 amide bonds. The molecule has 0 fully saturated rings. The van der Waals surface area contributed by atoms with Gasteiger partial charge in [-0.3, -0.25) is 9.36 Å². The normalized spacial score (nSPS) is 11.0. The van der Waals surface area contributed by atoms with Gasteiger partial charge in [-0.05, 0) is 36.4 Å². The highest BCUT2D eigenvalue weighted by Gasteiger charge is 2.16. The summed E-state index contributed by atoms with van der Waals surface area (Å²) in [5.41, 5.74) is 0.0662. The lowest BCUT2D eigenvalue weighted by atomic mass is 10.2. The number of fused-ring (bicyclic) bond motifs is 1. The highest BCUT2D eigenvalue weighted by atomic mass is 32.2. The third-order valence-electron chi connectivity index (χ3n) is 4.22. The molecule has 0 saturated carbocycles. The maximum absolute atomic E-state index is 14.4. The van der Waals surface area contributed by atoms with Gasteiger partial charge in [-0.1, -0.05) is 42.1 Å². The maximum atomic E-state index is 14.4. The Kier molecular flexibility index (Phi) is 5.57. The first-order valence-corrected chi connectivity index (χ1v) is 9.90. The van der Waals surface area contributed by atoms with Crippen LogP contribution in [0.15, 0.2) is 82.7 Å². The largest absolute Gasteiger partial charge is 0.493 e. The van der Waals surface area contributed by atoms with Gasteiger partial charge in [0, 0.05) is 11.8 Å². The Morgan fingerprint density at radius 2 is 1.72 bits per heavy atom. The van der Waals surface area contributed by atoms with Crippen LogP contribution >= 0.6 is 11.8 Å². The summed E-state index contributed by atoms with van der Waals surface area (Å²) >= 11 is 1.27. The molecular formula is C22H16F2N2O2S. The van der Waals surface area contributed by atoms with Crippen molar-refractivity contribution in [3.05, 3.63) is 94.8 Å². The molecule has 29 heavy (non-hydrogen) atoms. The van der Waals surface area contributed by atoms with Gasteiger partial charge >= 0.3 is 0 Å². The average Bonchev–Trinajstić information content (AvgIpc) is 2.73. The Bertz CT molecular complexity index is 1210. The van der Waals surface area contributed by atoms with Gasteiger partial charge in [-0.2, -0.15) is 0 Å². The average molecular weight is 410 g/mol. The summed E-state index contributed by atoms with van der Waals surface area (Å²) in [4.78, 5) is 17.6. The molecule has 0 unspecified atom stereocenters. The highest BCUT2D eigenvalue weighted by Crippen LogP contribution is 2.23. The highest BCUT2D eigenvalue weighted by molar-refractivity contribution is 7.99. The van der Waals surface area contributed by atoms with Crippen molar-refractivity contribution in [3.8, 4) is 11.4 Å². The fourth-order valence-electron chi connectivity index (χ4n) is 2.89. The van der Waals surface area contributed by atoms with E-state index in [0.717, 1.165) is 17.9 Å². The van der Waals surface area contributed by atoms with Crippen molar-refractivity contribution in [2.45, 2.75) is 5.16 Å². The zero-order valence-corrected chi connectivity index (χ0v) is 16.0. The molecule has 0 atom stereocenters. The molecule has 146 valence electrons. The van der Waals surface area contributed by atoms with Crippen LogP contribution in [0, 0.1) is 11.6 Å². The second-order valence-corrected chi connectivity index (χ2v) is 7.22. The fourth-order valence-corrected chi connectivity index (χ4v) is 3.72. The van der Waals surface area contributed by atoms with E-state index in [0.29, 0.717) is 28.4 Å². The van der Waals surface area contributed by atoms with Crippen molar-refractivity contribution < 1.29 is 13.5 Å². The van der Waals surface area contributed by atoms with Crippen LogP contribution in [0.4, 0.5) is 8.78 Å². The van der Waals surface area contributed by atoms with Crippen molar-refractivity contribution in [2.24, 2.45) is 0 Å². The SMILES string of the molecule is O=c1c2ccccc2nc(SCCOc2ccccc2)n1-c1ccc(F)cc1F. The first-order chi connectivity index (χ1) is 14.1. The van der Waals surface area contributed by atoms with Gasteiger partial charge in [0.15, 0.2) is 5.16 Å². The molecule has 0 aliphatic heterocycles. The van der Waals surface area contributed by atoms with E-state index >= 15 is 0 Å². The summed E-state index contributed by atoms with van der Waals surface area (Å²) in [6.45, 7) is 0.378. The topological polar surface area (TPSA) is 44.1 Å². The molecule has 1 heterocycles. The van der Waals surface area contributed by atoms with Gasteiger partial charge in [-0.15, -0.1) is 0 Å². The van der Waals surface area contributed by atoms with Gasteiger partial charge in [-0.25, -0.2) is 13.8 Å². The number of hydrogen-bond donors (Lipinski definition) is 0. The summed E-state index contributed by atoms with van der Waals surface area (Å²) < 4.78 is 34.7. The molecule has 4 rings (SSSR count). The number of thioether (sulfide) groups is 1. The number of halogens is 2. The second kappa shape index (κ2) is 8.45. The Morgan fingerprint density at radius 1 is 0.966 bits per heavy atom. The molecule has 4 nitrogen and oxygen atoms in total. The molecule has 0 N–H and O–H groups in total. The van der Waals surface area contributed by atoms with Crippen molar-refractivity contribution >= 4 is 22.7 Å². The van der Waals surface area contributed by atoms with Crippen molar-refractivity contribution in [1.29, 1.82) is 0 Å². The minimum absolute atomic E-state index is 0.0406. The zero-order valence-electron chi connectivity index (χ0n) is 15.2. The number of hydrogen-bond acceptors (Lipinski definition) is 4. The molecule has 0 aliphatic carbocycles. The number of aromatic nitrogens is 2. The minimum Gasteiger partial charge on any atom is -0.493 e. The summed E-state index contributed by atoms with van der Waals surface area (Å²) in [6, 6.07) is 19.3. The third kappa shape index (κ3) is 4.14.